The van der Waals surface area contributed by atoms with Gasteiger partial charge in [-0.15, -0.1) is 11.8 Å². The van der Waals surface area contributed by atoms with Gasteiger partial charge in [0.1, 0.15) is 0 Å². The van der Waals surface area contributed by atoms with Crippen LogP contribution < -0.4 is 5.32 Å². The first kappa shape index (κ1) is 16.1. The van der Waals surface area contributed by atoms with Crippen LogP contribution in [0, 0.1) is 13.8 Å². The highest BCUT2D eigenvalue weighted by Crippen LogP contribution is 2.21. The van der Waals surface area contributed by atoms with E-state index in [4.69, 9.17) is 0 Å². The third kappa shape index (κ3) is 5.68. The zero-order valence-electron chi connectivity index (χ0n) is 12.8. The van der Waals surface area contributed by atoms with E-state index in [0.717, 1.165) is 5.75 Å². The number of aryl methyl sites for hydroxylation is 2. The molecule has 1 atom stereocenters. The monoisotopic (exact) mass is 279 g/mol. The standard InChI is InChI=1S/C16H25NOS/c1-11-7-8-12(2)14(9-11)10-19-13(3)15(18)17-16(4,5)6/h7-9,13H,10H2,1-6H3,(H,17,18). The molecule has 0 saturated carbocycles. The summed E-state index contributed by atoms with van der Waals surface area (Å²) < 4.78 is 0. The average Bonchev–Trinajstić information content (AvgIpc) is 2.27. The molecule has 1 unspecified atom stereocenters. The van der Waals surface area contributed by atoms with E-state index in [9.17, 15) is 4.79 Å². The van der Waals surface area contributed by atoms with Crippen LogP contribution in [0.15, 0.2) is 18.2 Å². The molecule has 0 saturated heterocycles. The highest BCUT2D eigenvalue weighted by Gasteiger charge is 2.19. The summed E-state index contributed by atoms with van der Waals surface area (Å²) in [6, 6.07) is 6.47. The Kier molecular flexibility index (Phi) is 5.48. The predicted molar refractivity (Wildman–Crippen MR) is 84.6 cm³/mol. The highest BCUT2D eigenvalue weighted by molar-refractivity contribution is 7.99. The molecule has 0 fully saturated rings. The summed E-state index contributed by atoms with van der Waals surface area (Å²) in [4.78, 5) is 12.0. The van der Waals surface area contributed by atoms with E-state index in [1.807, 2.05) is 27.7 Å². The Morgan fingerprint density at radius 1 is 1.32 bits per heavy atom. The van der Waals surface area contributed by atoms with Crippen molar-refractivity contribution in [2.24, 2.45) is 0 Å². The van der Waals surface area contributed by atoms with Crippen molar-refractivity contribution in [3.8, 4) is 0 Å². The van der Waals surface area contributed by atoms with Crippen LogP contribution in [-0.4, -0.2) is 16.7 Å². The Bertz CT molecular complexity index is 449. The van der Waals surface area contributed by atoms with Crippen LogP contribution >= 0.6 is 11.8 Å². The van der Waals surface area contributed by atoms with Gasteiger partial charge in [-0.2, -0.15) is 0 Å². The molecule has 2 nitrogen and oxygen atoms in total. The molecule has 1 aromatic rings. The molecule has 0 bridgehead atoms. The Morgan fingerprint density at radius 2 is 1.95 bits per heavy atom. The van der Waals surface area contributed by atoms with Crippen LogP contribution in [0.2, 0.25) is 0 Å². The molecule has 3 heteroatoms. The molecule has 19 heavy (non-hydrogen) atoms. The molecule has 0 heterocycles. The molecule has 1 rings (SSSR count). The largest absolute Gasteiger partial charge is 0.351 e. The van der Waals surface area contributed by atoms with Crippen molar-refractivity contribution >= 4 is 17.7 Å². The van der Waals surface area contributed by atoms with E-state index in [0.29, 0.717) is 0 Å². The molecule has 1 amide bonds. The summed E-state index contributed by atoms with van der Waals surface area (Å²) in [7, 11) is 0. The van der Waals surface area contributed by atoms with Crippen LogP contribution in [0.1, 0.15) is 44.4 Å². The molecule has 106 valence electrons. The normalized spacial score (nSPS) is 13.2. The fourth-order valence-electron chi connectivity index (χ4n) is 1.72. The number of carbonyl (C=O) groups excluding carboxylic acids is 1. The topological polar surface area (TPSA) is 29.1 Å². The molecule has 0 aliphatic rings. The Balaban J connectivity index is 2.56. The maximum Gasteiger partial charge on any atom is 0.233 e. The van der Waals surface area contributed by atoms with Gasteiger partial charge < -0.3 is 5.32 Å². The second-order valence-corrected chi connectivity index (χ2v) is 7.45. The zero-order chi connectivity index (χ0) is 14.6. The van der Waals surface area contributed by atoms with Crippen molar-refractivity contribution in [2.75, 3.05) is 0 Å². The molecular formula is C16H25NOS. The number of rotatable bonds is 4. The van der Waals surface area contributed by atoms with E-state index in [1.54, 1.807) is 11.8 Å². The predicted octanol–water partition coefficient (Wildman–Crippen LogP) is 3.84. The summed E-state index contributed by atoms with van der Waals surface area (Å²) in [6.07, 6.45) is 0. The molecule has 1 N–H and O–H groups in total. The van der Waals surface area contributed by atoms with E-state index in [1.165, 1.54) is 16.7 Å². The minimum atomic E-state index is -0.162. The zero-order valence-corrected chi connectivity index (χ0v) is 13.6. The third-order valence-electron chi connectivity index (χ3n) is 2.86. The Morgan fingerprint density at radius 3 is 2.53 bits per heavy atom. The summed E-state index contributed by atoms with van der Waals surface area (Å²) in [5.74, 6) is 0.995. The van der Waals surface area contributed by atoms with Crippen molar-refractivity contribution in [3.05, 3.63) is 34.9 Å². The van der Waals surface area contributed by atoms with Crippen LogP contribution in [0.4, 0.5) is 0 Å². The Hall–Kier alpha value is -0.960. The number of hydrogen-bond donors (Lipinski definition) is 1. The van der Waals surface area contributed by atoms with Gasteiger partial charge in [-0.3, -0.25) is 4.79 Å². The molecule has 0 aromatic heterocycles. The van der Waals surface area contributed by atoms with Gasteiger partial charge in [-0.1, -0.05) is 23.8 Å². The van der Waals surface area contributed by atoms with Crippen LogP contribution in [0.5, 0.6) is 0 Å². The lowest BCUT2D eigenvalue weighted by atomic mass is 10.1. The van der Waals surface area contributed by atoms with E-state index >= 15 is 0 Å². The number of thioether (sulfide) groups is 1. The van der Waals surface area contributed by atoms with Crippen molar-refractivity contribution in [1.29, 1.82) is 0 Å². The molecule has 0 radical (unpaired) electrons. The van der Waals surface area contributed by atoms with Crippen molar-refractivity contribution in [1.82, 2.24) is 5.32 Å². The van der Waals surface area contributed by atoms with Gasteiger partial charge in [0.05, 0.1) is 5.25 Å². The lowest BCUT2D eigenvalue weighted by molar-refractivity contribution is -0.121. The van der Waals surface area contributed by atoms with Gasteiger partial charge in [0.25, 0.3) is 0 Å². The maximum absolute atomic E-state index is 12.0. The smallest absolute Gasteiger partial charge is 0.233 e. The van der Waals surface area contributed by atoms with Gasteiger partial charge in [-0.25, -0.2) is 0 Å². The minimum absolute atomic E-state index is 0.0286. The first-order valence-corrected chi connectivity index (χ1v) is 7.73. The quantitative estimate of drug-likeness (QED) is 0.907. The summed E-state index contributed by atoms with van der Waals surface area (Å²) >= 11 is 1.69. The molecular weight excluding hydrogens is 254 g/mol. The number of carbonyl (C=O) groups is 1. The Labute approximate surface area is 121 Å². The maximum atomic E-state index is 12.0. The highest BCUT2D eigenvalue weighted by atomic mass is 32.2. The summed E-state index contributed by atoms with van der Waals surface area (Å²) in [5.41, 5.74) is 3.72. The van der Waals surface area contributed by atoms with Gasteiger partial charge in [0, 0.05) is 11.3 Å². The number of hydrogen-bond acceptors (Lipinski definition) is 2. The average molecular weight is 279 g/mol. The summed E-state index contributed by atoms with van der Waals surface area (Å²) in [6.45, 7) is 12.2. The van der Waals surface area contributed by atoms with Crippen LogP contribution in [0.3, 0.4) is 0 Å². The fourth-order valence-corrected chi connectivity index (χ4v) is 2.67. The molecule has 0 aliphatic heterocycles. The number of nitrogens with one attached hydrogen (secondary N) is 1. The first-order chi connectivity index (χ1) is 8.69. The van der Waals surface area contributed by atoms with Crippen LogP contribution in [0.25, 0.3) is 0 Å². The van der Waals surface area contributed by atoms with Crippen molar-refractivity contribution < 1.29 is 4.79 Å². The number of amides is 1. The minimum Gasteiger partial charge on any atom is -0.351 e. The SMILES string of the molecule is Cc1ccc(C)c(CSC(C)C(=O)NC(C)(C)C)c1. The first-order valence-electron chi connectivity index (χ1n) is 6.69. The van der Waals surface area contributed by atoms with Crippen LogP contribution in [-0.2, 0) is 10.5 Å². The van der Waals surface area contributed by atoms with Crippen molar-refractivity contribution in [2.45, 2.75) is 58.1 Å². The van der Waals surface area contributed by atoms with Gasteiger partial charge in [0.15, 0.2) is 0 Å². The van der Waals surface area contributed by atoms with Gasteiger partial charge in [0.2, 0.25) is 5.91 Å². The summed E-state index contributed by atoms with van der Waals surface area (Å²) in [5, 5.41) is 2.99. The third-order valence-corrected chi connectivity index (χ3v) is 4.05. The lowest BCUT2D eigenvalue weighted by Crippen LogP contribution is -2.44. The molecule has 0 aliphatic carbocycles. The van der Waals surface area contributed by atoms with E-state index in [-0.39, 0.29) is 16.7 Å². The van der Waals surface area contributed by atoms with Gasteiger partial charge in [-0.05, 0) is 52.7 Å². The van der Waals surface area contributed by atoms with E-state index in [2.05, 4.69) is 37.4 Å². The van der Waals surface area contributed by atoms with E-state index < -0.39 is 0 Å². The number of benzene rings is 1. The lowest BCUT2D eigenvalue weighted by Gasteiger charge is -2.23. The molecule has 0 spiro atoms. The fraction of sp³-hybridized carbons (Fsp3) is 0.562. The second kappa shape index (κ2) is 6.47. The second-order valence-electron chi connectivity index (χ2n) is 6.12. The molecule has 1 aromatic carbocycles. The van der Waals surface area contributed by atoms with Crippen molar-refractivity contribution in [3.63, 3.8) is 0 Å². The van der Waals surface area contributed by atoms with Gasteiger partial charge >= 0.3 is 0 Å².